The maximum Gasteiger partial charge on any atom is 0.240 e. The van der Waals surface area contributed by atoms with Gasteiger partial charge in [-0.2, -0.15) is 4.98 Å². The van der Waals surface area contributed by atoms with Gasteiger partial charge in [0.15, 0.2) is 15.7 Å². The Morgan fingerprint density at radius 2 is 2.12 bits per heavy atom. The van der Waals surface area contributed by atoms with Crippen molar-refractivity contribution in [3.63, 3.8) is 0 Å². The quantitative estimate of drug-likeness (QED) is 0.781. The Hall–Kier alpha value is -0.950. The molecule has 0 fully saturated rings. The highest BCUT2D eigenvalue weighted by Gasteiger charge is 2.11. The molecule has 1 heterocycles. The van der Waals surface area contributed by atoms with E-state index in [0.29, 0.717) is 18.4 Å². The van der Waals surface area contributed by atoms with Crippen LogP contribution in [-0.2, 0) is 22.1 Å². The molecule has 0 unspecified atom stereocenters. The number of rotatable bonds is 6. The molecule has 0 saturated carbocycles. The molecule has 0 amide bonds. The Morgan fingerprint density at radius 3 is 2.69 bits per heavy atom. The van der Waals surface area contributed by atoms with Crippen molar-refractivity contribution in [2.45, 2.75) is 26.1 Å². The third-order valence-corrected chi connectivity index (χ3v) is 2.51. The molecule has 1 rings (SSSR count). The molecule has 0 bridgehead atoms. The third kappa shape index (κ3) is 5.22. The van der Waals surface area contributed by atoms with Gasteiger partial charge in [0, 0.05) is 6.26 Å². The molecule has 7 heteroatoms. The number of hydrogen-bond donors (Lipinski definition) is 1. The van der Waals surface area contributed by atoms with Crippen LogP contribution in [0.5, 0.6) is 0 Å². The van der Waals surface area contributed by atoms with Gasteiger partial charge < -0.3 is 9.84 Å². The summed E-state index contributed by atoms with van der Waals surface area (Å²) >= 11 is 0. The first-order chi connectivity index (χ1) is 7.37. The predicted octanol–water partition coefficient (Wildman–Crippen LogP) is 0.360. The summed E-state index contributed by atoms with van der Waals surface area (Å²) in [5.41, 5.74) is 0. The zero-order chi connectivity index (χ0) is 12.2. The van der Waals surface area contributed by atoms with Crippen molar-refractivity contribution in [3.05, 3.63) is 11.7 Å². The van der Waals surface area contributed by atoms with Crippen LogP contribution in [0.3, 0.4) is 0 Å². The molecule has 1 aromatic rings. The van der Waals surface area contributed by atoms with E-state index in [1.165, 1.54) is 0 Å². The molecule has 0 aliphatic carbocycles. The van der Waals surface area contributed by atoms with Crippen LogP contribution >= 0.6 is 0 Å². The average Bonchev–Trinajstić information content (AvgIpc) is 2.48. The maximum absolute atomic E-state index is 11.0. The van der Waals surface area contributed by atoms with Crippen molar-refractivity contribution < 1.29 is 12.9 Å². The Labute approximate surface area is 95.3 Å². The zero-order valence-electron chi connectivity index (χ0n) is 9.73. The zero-order valence-corrected chi connectivity index (χ0v) is 10.5. The summed E-state index contributed by atoms with van der Waals surface area (Å²) in [5.74, 6) is 0.988. The van der Waals surface area contributed by atoms with Gasteiger partial charge in [0.2, 0.25) is 5.89 Å². The Kier molecular flexibility index (Phi) is 4.43. The van der Waals surface area contributed by atoms with Gasteiger partial charge in [-0.3, -0.25) is 0 Å². The number of hydrogen-bond acceptors (Lipinski definition) is 6. The van der Waals surface area contributed by atoms with Crippen LogP contribution < -0.4 is 5.32 Å². The van der Waals surface area contributed by atoms with Crippen LogP contribution in [0.1, 0.15) is 25.6 Å². The maximum atomic E-state index is 11.0. The van der Waals surface area contributed by atoms with Gasteiger partial charge in [-0.05, 0) is 12.5 Å². The fraction of sp³-hybridized carbons (Fsp3) is 0.778. The minimum Gasteiger partial charge on any atom is -0.338 e. The standard InChI is InChI=1S/C9H17N3O3S/c1-7(2)4-10-5-9-11-8(12-15-9)6-16(3,13)14/h7,10H,4-6H2,1-3H3. The largest absolute Gasteiger partial charge is 0.338 e. The van der Waals surface area contributed by atoms with Crippen LogP contribution in [0.15, 0.2) is 4.52 Å². The molecule has 0 saturated heterocycles. The predicted molar refractivity (Wildman–Crippen MR) is 59.4 cm³/mol. The number of nitrogens with one attached hydrogen (secondary N) is 1. The van der Waals surface area contributed by atoms with Crippen LogP contribution in [0.4, 0.5) is 0 Å². The summed E-state index contributed by atoms with van der Waals surface area (Å²) in [6.45, 7) is 5.50. The second-order valence-electron chi connectivity index (χ2n) is 4.20. The summed E-state index contributed by atoms with van der Waals surface area (Å²) < 4.78 is 26.9. The van der Waals surface area contributed by atoms with E-state index < -0.39 is 9.84 Å². The van der Waals surface area contributed by atoms with E-state index in [1.807, 2.05) is 0 Å². The monoisotopic (exact) mass is 247 g/mol. The summed E-state index contributed by atoms with van der Waals surface area (Å²) in [6.07, 6.45) is 1.14. The first-order valence-electron chi connectivity index (χ1n) is 5.06. The summed E-state index contributed by atoms with van der Waals surface area (Å²) in [4.78, 5) is 3.97. The SMILES string of the molecule is CC(C)CNCc1nc(CS(C)(=O)=O)no1. The van der Waals surface area contributed by atoms with E-state index in [0.717, 1.165) is 12.8 Å². The summed E-state index contributed by atoms with van der Waals surface area (Å²) in [6, 6.07) is 0. The fourth-order valence-corrected chi connectivity index (χ4v) is 1.71. The van der Waals surface area contributed by atoms with Gasteiger partial charge >= 0.3 is 0 Å². The molecule has 0 aliphatic rings. The Morgan fingerprint density at radius 1 is 1.44 bits per heavy atom. The lowest BCUT2D eigenvalue weighted by Crippen LogP contribution is -2.19. The molecule has 0 spiro atoms. The molecule has 16 heavy (non-hydrogen) atoms. The minimum absolute atomic E-state index is 0.180. The number of sulfone groups is 1. The second-order valence-corrected chi connectivity index (χ2v) is 6.34. The number of nitrogens with zero attached hydrogens (tertiary/aromatic N) is 2. The lowest BCUT2D eigenvalue weighted by Gasteiger charge is -2.03. The molecular formula is C9H17N3O3S. The number of aromatic nitrogens is 2. The smallest absolute Gasteiger partial charge is 0.240 e. The highest BCUT2D eigenvalue weighted by atomic mass is 32.2. The van der Waals surface area contributed by atoms with Crippen LogP contribution in [0, 0.1) is 5.92 Å². The van der Waals surface area contributed by atoms with E-state index >= 15 is 0 Å². The highest BCUT2D eigenvalue weighted by molar-refractivity contribution is 7.89. The second kappa shape index (κ2) is 5.40. The van der Waals surface area contributed by atoms with E-state index in [-0.39, 0.29) is 11.6 Å². The van der Waals surface area contributed by atoms with Gasteiger partial charge in [0.25, 0.3) is 0 Å². The topological polar surface area (TPSA) is 85.1 Å². The lowest BCUT2D eigenvalue weighted by atomic mass is 10.2. The van der Waals surface area contributed by atoms with Crippen LogP contribution in [-0.4, -0.2) is 31.4 Å². The molecule has 6 nitrogen and oxygen atoms in total. The van der Waals surface area contributed by atoms with Gasteiger partial charge in [0.1, 0.15) is 5.75 Å². The first-order valence-corrected chi connectivity index (χ1v) is 7.13. The molecule has 1 aromatic heterocycles. The van der Waals surface area contributed by atoms with Crippen molar-refractivity contribution >= 4 is 9.84 Å². The van der Waals surface area contributed by atoms with Crippen LogP contribution in [0.2, 0.25) is 0 Å². The van der Waals surface area contributed by atoms with E-state index in [2.05, 4.69) is 29.3 Å². The molecular weight excluding hydrogens is 230 g/mol. The van der Waals surface area contributed by atoms with Crippen molar-refractivity contribution in [1.29, 1.82) is 0 Å². The highest BCUT2D eigenvalue weighted by Crippen LogP contribution is 2.01. The molecule has 0 atom stereocenters. The molecule has 1 N–H and O–H groups in total. The van der Waals surface area contributed by atoms with Crippen molar-refractivity contribution in [1.82, 2.24) is 15.5 Å². The Bertz CT molecular complexity index is 425. The average molecular weight is 247 g/mol. The normalized spacial score (nSPS) is 12.2. The Balaban J connectivity index is 2.46. The molecule has 92 valence electrons. The van der Waals surface area contributed by atoms with Gasteiger partial charge in [-0.1, -0.05) is 19.0 Å². The third-order valence-electron chi connectivity index (χ3n) is 1.73. The van der Waals surface area contributed by atoms with E-state index in [1.54, 1.807) is 0 Å². The molecule has 0 radical (unpaired) electrons. The molecule has 0 aliphatic heterocycles. The van der Waals surface area contributed by atoms with Crippen molar-refractivity contribution in [3.8, 4) is 0 Å². The lowest BCUT2D eigenvalue weighted by molar-refractivity contribution is 0.360. The van der Waals surface area contributed by atoms with Gasteiger partial charge in [-0.25, -0.2) is 8.42 Å². The minimum atomic E-state index is -3.10. The van der Waals surface area contributed by atoms with Crippen molar-refractivity contribution in [2.24, 2.45) is 5.92 Å². The summed E-state index contributed by atoms with van der Waals surface area (Å²) in [5, 5.41) is 6.73. The summed E-state index contributed by atoms with van der Waals surface area (Å²) in [7, 11) is -3.10. The van der Waals surface area contributed by atoms with E-state index in [9.17, 15) is 8.42 Å². The van der Waals surface area contributed by atoms with Crippen LogP contribution in [0.25, 0.3) is 0 Å². The fourth-order valence-electron chi connectivity index (χ4n) is 1.12. The van der Waals surface area contributed by atoms with E-state index in [4.69, 9.17) is 4.52 Å². The van der Waals surface area contributed by atoms with Gasteiger partial charge in [0.05, 0.1) is 6.54 Å². The molecule has 0 aromatic carbocycles. The first kappa shape index (κ1) is 13.1. The van der Waals surface area contributed by atoms with Gasteiger partial charge in [-0.15, -0.1) is 0 Å². The van der Waals surface area contributed by atoms with Crippen molar-refractivity contribution in [2.75, 3.05) is 12.8 Å².